The van der Waals surface area contributed by atoms with E-state index < -0.39 is 0 Å². The van der Waals surface area contributed by atoms with E-state index in [0.717, 1.165) is 10.8 Å². The van der Waals surface area contributed by atoms with Gasteiger partial charge in [0.05, 0.1) is 6.61 Å². The molecule has 0 fully saturated rings. The van der Waals surface area contributed by atoms with E-state index in [0.29, 0.717) is 12.4 Å². The Morgan fingerprint density at radius 3 is 2.92 bits per heavy atom. The summed E-state index contributed by atoms with van der Waals surface area (Å²) in [4.78, 5) is 7.98. The van der Waals surface area contributed by atoms with Crippen LogP contribution in [-0.2, 0) is 4.74 Å². The van der Waals surface area contributed by atoms with Gasteiger partial charge in [-0.3, -0.25) is 0 Å². The van der Waals surface area contributed by atoms with Crippen LogP contribution in [0, 0.1) is 0 Å². The van der Waals surface area contributed by atoms with Crippen molar-refractivity contribution in [3.63, 3.8) is 0 Å². The van der Waals surface area contributed by atoms with Crippen LogP contribution in [-0.4, -0.2) is 29.4 Å². The van der Waals surface area contributed by atoms with E-state index in [1.807, 2.05) is 0 Å². The molecule has 2 N–H and O–H groups in total. The summed E-state index contributed by atoms with van der Waals surface area (Å²) in [5.74, 6) is 1.33. The second-order valence-corrected chi connectivity index (χ2v) is 3.17. The maximum Gasteiger partial charge on any atom is 0.156 e. The van der Waals surface area contributed by atoms with Crippen molar-refractivity contribution in [2.45, 2.75) is 5.03 Å². The molecular formula is C7H11N3OS. The predicted octanol–water partition coefficient (Wildman–Crippen LogP) is 0.797. The highest BCUT2D eigenvalue weighted by molar-refractivity contribution is 7.99. The molecule has 0 unspecified atom stereocenters. The van der Waals surface area contributed by atoms with E-state index in [9.17, 15) is 0 Å². The number of nitrogens with zero attached hydrogens (tertiary/aromatic N) is 2. The van der Waals surface area contributed by atoms with Crippen LogP contribution in [0.25, 0.3) is 0 Å². The Hall–Kier alpha value is -0.810. The van der Waals surface area contributed by atoms with Crippen molar-refractivity contribution in [1.29, 1.82) is 0 Å². The minimum atomic E-state index is 0.485. The third-order valence-corrected chi connectivity index (χ3v) is 2.18. The first kappa shape index (κ1) is 9.28. The SMILES string of the molecule is COCCSc1nccnc1N. The minimum Gasteiger partial charge on any atom is -0.384 e. The van der Waals surface area contributed by atoms with Crippen LogP contribution in [0.2, 0.25) is 0 Å². The second kappa shape index (κ2) is 4.95. The fraction of sp³-hybridized carbons (Fsp3) is 0.429. The molecule has 0 aliphatic rings. The Balaban J connectivity index is 2.46. The van der Waals surface area contributed by atoms with E-state index >= 15 is 0 Å². The van der Waals surface area contributed by atoms with Gasteiger partial charge in [0.1, 0.15) is 5.03 Å². The molecule has 0 aliphatic heterocycles. The van der Waals surface area contributed by atoms with Gasteiger partial charge in [-0.05, 0) is 0 Å². The lowest BCUT2D eigenvalue weighted by Gasteiger charge is -2.01. The molecule has 66 valence electrons. The summed E-state index contributed by atoms with van der Waals surface area (Å²) in [5, 5.41) is 0.773. The predicted molar refractivity (Wildman–Crippen MR) is 49.0 cm³/mol. The van der Waals surface area contributed by atoms with Gasteiger partial charge < -0.3 is 10.5 Å². The van der Waals surface area contributed by atoms with Crippen LogP contribution in [0.3, 0.4) is 0 Å². The molecule has 0 saturated heterocycles. The lowest BCUT2D eigenvalue weighted by molar-refractivity contribution is 0.218. The van der Waals surface area contributed by atoms with E-state index in [1.165, 1.54) is 0 Å². The van der Waals surface area contributed by atoms with Crippen molar-refractivity contribution < 1.29 is 4.74 Å². The zero-order valence-electron chi connectivity index (χ0n) is 6.86. The summed E-state index contributed by atoms with van der Waals surface area (Å²) >= 11 is 1.55. The molecule has 12 heavy (non-hydrogen) atoms. The van der Waals surface area contributed by atoms with Crippen LogP contribution < -0.4 is 5.73 Å². The first-order valence-corrected chi connectivity index (χ1v) is 4.51. The Labute approximate surface area is 75.5 Å². The molecule has 0 bridgehead atoms. The van der Waals surface area contributed by atoms with E-state index in [1.54, 1.807) is 31.3 Å². The lowest BCUT2D eigenvalue weighted by atomic mass is 10.7. The molecule has 1 rings (SSSR count). The van der Waals surface area contributed by atoms with Crippen LogP contribution >= 0.6 is 11.8 Å². The average Bonchev–Trinajstić information content (AvgIpc) is 2.09. The molecule has 0 spiro atoms. The van der Waals surface area contributed by atoms with Gasteiger partial charge >= 0.3 is 0 Å². The third-order valence-electron chi connectivity index (χ3n) is 1.22. The van der Waals surface area contributed by atoms with Crippen molar-refractivity contribution in [1.82, 2.24) is 9.97 Å². The number of aromatic nitrogens is 2. The topological polar surface area (TPSA) is 61.0 Å². The van der Waals surface area contributed by atoms with Crippen LogP contribution in [0.4, 0.5) is 5.82 Å². The van der Waals surface area contributed by atoms with Crippen molar-refractivity contribution in [2.24, 2.45) is 0 Å². The van der Waals surface area contributed by atoms with Crippen molar-refractivity contribution in [3.05, 3.63) is 12.4 Å². The highest BCUT2D eigenvalue weighted by Crippen LogP contribution is 2.18. The first-order valence-electron chi connectivity index (χ1n) is 3.53. The van der Waals surface area contributed by atoms with Crippen LogP contribution in [0.15, 0.2) is 17.4 Å². The Bertz CT molecular complexity index is 244. The fourth-order valence-electron chi connectivity index (χ4n) is 0.669. The molecule has 0 radical (unpaired) electrons. The van der Waals surface area contributed by atoms with Crippen molar-refractivity contribution in [2.75, 3.05) is 25.2 Å². The lowest BCUT2D eigenvalue weighted by Crippen LogP contribution is -1.97. The van der Waals surface area contributed by atoms with Gasteiger partial charge in [0.25, 0.3) is 0 Å². The maximum absolute atomic E-state index is 5.57. The molecular weight excluding hydrogens is 174 g/mol. The van der Waals surface area contributed by atoms with E-state index in [-0.39, 0.29) is 0 Å². The van der Waals surface area contributed by atoms with Gasteiger partial charge in [-0.2, -0.15) is 0 Å². The zero-order chi connectivity index (χ0) is 8.81. The average molecular weight is 185 g/mol. The molecule has 4 nitrogen and oxygen atoms in total. The molecule has 0 atom stereocenters. The van der Waals surface area contributed by atoms with Crippen molar-refractivity contribution in [3.8, 4) is 0 Å². The normalized spacial score (nSPS) is 10.1. The molecule has 0 saturated carbocycles. The Morgan fingerprint density at radius 2 is 2.25 bits per heavy atom. The summed E-state index contributed by atoms with van der Waals surface area (Å²) in [6, 6.07) is 0. The number of nitrogens with two attached hydrogens (primary N) is 1. The van der Waals surface area contributed by atoms with Gasteiger partial charge in [0.15, 0.2) is 5.82 Å². The zero-order valence-corrected chi connectivity index (χ0v) is 7.67. The van der Waals surface area contributed by atoms with Gasteiger partial charge in [0, 0.05) is 25.3 Å². The summed E-state index contributed by atoms with van der Waals surface area (Å²) in [7, 11) is 1.67. The minimum absolute atomic E-state index is 0.485. The fourth-order valence-corrected chi connectivity index (χ4v) is 1.45. The van der Waals surface area contributed by atoms with Gasteiger partial charge in [-0.25, -0.2) is 9.97 Å². The molecule has 5 heteroatoms. The molecule has 1 aromatic rings. The number of thioether (sulfide) groups is 1. The monoisotopic (exact) mass is 185 g/mol. The highest BCUT2D eigenvalue weighted by atomic mass is 32.2. The number of hydrogen-bond acceptors (Lipinski definition) is 5. The van der Waals surface area contributed by atoms with E-state index in [2.05, 4.69) is 9.97 Å². The van der Waals surface area contributed by atoms with Gasteiger partial charge in [-0.15, -0.1) is 11.8 Å². The second-order valence-electron chi connectivity index (χ2n) is 2.09. The highest BCUT2D eigenvalue weighted by Gasteiger charge is 1.99. The van der Waals surface area contributed by atoms with E-state index in [4.69, 9.17) is 10.5 Å². The molecule has 0 aromatic carbocycles. The largest absolute Gasteiger partial charge is 0.384 e. The summed E-state index contributed by atoms with van der Waals surface area (Å²) in [6.07, 6.45) is 3.21. The van der Waals surface area contributed by atoms with Gasteiger partial charge in [-0.1, -0.05) is 0 Å². The number of anilines is 1. The van der Waals surface area contributed by atoms with Crippen LogP contribution in [0.5, 0.6) is 0 Å². The Morgan fingerprint density at radius 1 is 1.50 bits per heavy atom. The number of rotatable bonds is 4. The number of hydrogen-bond donors (Lipinski definition) is 1. The van der Waals surface area contributed by atoms with Crippen molar-refractivity contribution >= 4 is 17.6 Å². The molecule has 0 aliphatic carbocycles. The van der Waals surface area contributed by atoms with Crippen LogP contribution in [0.1, 0.15) is 0 Å². The number of methoxy groups -OCH3 is 1. The standard InChI is InChI=1S/C7H11N3OS/c1-11-4-5-12-7-6(8)9-2-3-10-7/h2-3H,4-5H2,1H3,(H2,8,9). The number of ether oxygens (including phenoxy) is 1. The smallest absolute Gasteiger partial charge is 0.156 e. The third kappa shape index (κ3) is 2.67. The maximum atomic E-state index is 5.57. The number of nitrogen functional groups attached to an aromatic ring is 1. The summed E-state index contributed by atoms with van der Waals surface area (Å²) in [5.41, 5.74) is 5.57. The molecule has 0 amide bonds. The quantitative estimate of drug-likeness (QED) is 0.555. The first-order chi connectivity index (χ1) is 5.84. The molecule has 1 heterocycles. The Kier molecular flexibility index (Phi) is 3.83. The molecule has 1 aromatic heterocycles. The summed E-state index contributed by atoms with van der Waals surface area (Å²) in [6.45, 7) is 0.695. The summed E-state index contributed by atoms with van der Waals surface area (Å²) < 4.78 is 4.89. The van der Waals surface area contributed by atoms with Gasteiger partial charge in [0.2, 0.25) is 0 Å².